The van der Waals surface area contributed by atoms with Crippen molar-refractivity contribution in [1.29, 1.82) is 0 Å². The molecule has 1 atom stereocenters. The van der Waals surface area contributed by atoms with Crippen LogP contribution >= 0.6 is 11.3 Å². The van der Waals surface area contributed by atoms with Crippen molar-refractivity contribution in [3.05, 3.63) is 17.5 Å². The van der Waals surface area contributed by atoms with E-state index in [1.165, 1.54) is 7.05 Å². The Balaban J connectivity index is 1.57. The van der Waals surface area contributed by atoms with Gasteiger partial charge in [0.1, 0.15) is 4.21 Å². The molecular weight excluding hydrogens is 336 g/mol. The van der Waals surface area contributed by atoms with E-state index in [1.807, 2.05) is 0 Å². The first-order chi connectivity index (χ1) is 10.8. The van der Waals surface area contributed by atoms with Crippen molar-refractivity contribution in [2.45, 2.75) is 36.0 Å². The van der Waals surface area contributed by atoms with Crippen molar-refractivity contribution in [2.75, 3.05) is 26.7 Å². The molecule has 0 aromatic carbocycles. The van der Waals surface area contributed by atoms with Crippen LogP contribution in [0.2, 0.25) is 0 Å². The maximum absolute atomic E-state index is 12.4. The highest BCUT2D eigenvalue weighted by molar-refractivity contribution is 7.91. The Bertz CT molecular complexity index is 664. The molecular formula is C15H22N2O4S2. The average Bonchev–Trinajstić information content (AvgIpc) is 3.08. The number of amides is 1. The number of carbonyl (C=O) groups excluding carboxylic acids is 1. The quantitative estimate of drug-likeness (QED) is 0.875. The summed E-state index contributed by atoms with van der Waals surface area (Å²) in [6.07, 6.45) is 3.27. The van der Waals surface area contributed by atoms with Crippen molar-refractivity contribution in [2.24, 2.45) is 5.41 Å². The molecule has 3 rings (SSSR count). The van der Waals surface area contributed by atoms with E-state index in [2.05, 4.69) is 0 Å². The highest BCUT2D eigenvalue weighted by Gasteiger charge is 2.47. The number of nitrogens with zero attached hydrogens (tertiary/aromatic N) is 2. The van der Waals surface area contributed by atoms with Gasteiger partial charge in [0, 0.05) is 20.1 Å². The molecule has 23 heavy (non-hydrogen) atoms. The summed E-state index contributed by atoms with van der Waals surface area (Å²) in [5.74, 6) is -0.170. The summed E-state index contributed by atoms with van der Waals surface area (Å²) in [6.45, 7) is 1.06. The summed E-state index contributed by atoms with van der Waals surface area (Å²) >= 11 is 1.15. The Morgan fingerprint density at radius 1 is 1.43 bits per heavy atom. The number of hydrogen-bond acceptors (Lipinski definition) is 5. The van der Waals surface area contributed by atoms with Gasteiger partial charge in [-0.1, -0.05) is 6.07 Å². The van der Waals surface area contributed by atoms with Crippen molar-refractivity contribution >= 4 is 27.3 Å². The highest BCUT2D eigenvalue weighted by atomic mass is 32.2. The normalized spacial score (nSPS) is 24.0. The zero-order valence-corrected chi connectivity index (χ0v) is 14.8. The topological polar surface area (TPSA) is 77.9 Å². The van der Waals surface area contributed by atoms with E-state index >= 15 is 0 Å². The Hall–Kier alpha value is -0.960. The number of carbonyl (C=O) groups is 1. The fourth-order valence-electron chi connectivity index (χ4n) is 3.41. The van der Waals surface area contributed by atoms with Gasteiger partial charge in [-0.05, 0) is 42.5 Å². The van der Waals surface area contributed by atoms with Crippen LogP contribution in [0.3, 0.4) is 0 Å². The Labute approximate surface area is 140 Å². The first-order valence-corrected chi connectivity index (χ1v) is 10.1. The number of piperidine rings is 1. The van der Waals surface area contributed by atoms with E-state index in [-0.39, 0.29) is 28.2 Å². The van der Waals surface area contributed by atoms with Gasteiger partial charge < -0.3 is 10.0 Å². The summed E-state index contributed by atoms with van der Waals surface area (Å²) < 4.78 is 26.1. The monoisotopic (exact) mass is 358 g/mol. The van der Waals surface area contributed by atoms with Gasteiger partial charge in [0.2, 0.25) is 5.91 Å². The van der Waals surface area contributed by atoms with Crippen LogP contribution in [0, 0.1) is 5.41 Å². The average molecular weight is 358 g/mol. The van der Waals surface area contributed by atoms with E-state index in [9.17, 15) is 18.3 Å². The molecule has 1 saturated carbocycles. The summed E-state index contributed by atoms with van der Waals surface area (Å²) in [7, 11) is -2.15. The minimum Gasteiger partial charge on any atom is -0.393 e. The van der Waals surface area contributed by atoms with Crippen molar-refractivity contribution in [3.8, 4) is 0 Å². The maximum atomic E-state index is 12.4. The smallest absolute Gasteiger partial charge is 0.252 e. The minimum absolute atomic E-state index is 0.00568. The van der Waals surface area contributed by atoms with Gasteiger partial charge in [-0.25, -0.2) is 8.42 Å². The number of likely N-dealkylation sites (N-methyl/N-ethyl adjacent to an activating group) is 1. The van der Waals surface area contributed by atoms with E-state index in [0.29, 0.717) is 13.1 Å². The second-order valence-electron chi connectivity index (χ2n) is 6.49. The number of aliphatic hydroxyl groups excluding tert-OH is 1. The molecule has 2 heterocycles. The third kappa shape index (κ3) is 3.05. The number of sulfonamides is 1. The van der Waals surface area contributed by atoms with Crippen molar-refractivity contribution in [3.63, 3.8) is 0 Å². The largest absolute Gasteiger partial charge is 0.393 e. The lowest BCUT2D eigenvalue weighted by Crippen LogP contribution is -2.54. The van der Waals surface area contributed by atoms with Crippen molar-refractivity contribution in [1.82, 2.24) is 9.21 Å². The van der Waals surface area contributed by atoms with Crippen LogP contribution in [0.1, 0.15) is 25.7 Å². The number of rotatable bonds is 4. The van der Waals surface area contributed by atoms with Crippen LogP contribution in [0.4, 0.5) is 0 Å². The van der Waals surface area contributed by atoms with Crippen LogP contribution < -0.4 is 0 Å². The lowest BCUT2D eigenvalue weighted by atomic mass is 9.61. The standard InChI is InChI=1S/C15H22N2O4S2/c1-16(23(20,21)14-3-2-10-22-14)11-13(19)17-8-6-15(7-9-17)5-4-12(15)18/h2-3,10,12,18H,4-9,11H2,1H3. The van der Waals surface area contributed by atoms with Gasteiger partial charge >= 0.3 is 0 Å². The fourth-order valence-corrected chi connectivity index (χ4v) is 5.73. The molecule has 1 amide bonds. The molecule has 1 aliphatic carbocycles. The molecule has 0 radical (unpaired) electrons. The van der Waals surface area contributed by atoms with E-state index in [1.54, 1.807) is 22.4 Å². The lowest BCUT2D eigenvalue weighted by molar-refractivity contribution is -0.141. The molecule has 2 fully saturated rings. The third-order valence-electron chi connectivity index (χ3n) is 5.25. The summed E-state index contributed by atoms with van der Waals surface area (Å²) in [4.78, 5) is 14.1. The third-order valence-corrected chi connectivity index (χ3v) is 8.43. The summed E-state index contributed by atoms with van der Waals surface area (Å²) in [6, 6.07) is 3.23. The predicted molar refractivity (Wildman–Crippen MR) is 87.6 cm³/mol. The van der Waals surface area contributed by atoms with Gasteiger partial charge in [0.15, 0.2) is 0 Å². The Morgan fingerprint density at radius 2 is 2.13 bits per heavy atom. The van der Waals surface area contributed by atoms with Crippen LogP contribution in [0.15, 0.2) is 21.7 Å². The highest BCUT2D eigenvalue weighted by Crippen LogP contribution is 2.49. The van der Waals surface area contributed by atoms with Crippen LogP contribution in [0.25, 0.3) is 0 Å². The molecule has 0 bridgehead atoms. The number of aliphatic hydroxyl groups is 1. The second kappa shape index (κ2) is 6.16. The molecule has 1 saturated heterocycles. The van der Waals surface area contributed by atoms with Crippen LogP contribution in [0.5, 0.6) is 0 Å². The number of hydrogen-bond donors (Lipinski definition) is 1. The molecule has 1 aromatic rings. The van der Waals surface area contributed by atoms with Crippen molar-refractivity contribution < 1.29 is 18.3 Å². The van der Waals surface area contributed by atoms with Gasteiger partial charge in [0.25, 0.3) is 10.0 Å². The first kappa shape index (κ1) is 16.9. The number of thiophene rings is 1. The lowest BCUT2D eigenvalue weighted by Gasteiger charge is -2.51. The van der Waals surface area contributed by atoms with Gasteiger partial charge in [-0.15, -0.1) is 11.3 Å². The Kier molecular flexibility index (Phi) is 4.52. The molecule has 8 heteroatoms. The van der Waals surface area contributed by atoms with Gasteiger partial charge in [-0.3, -0.25) is 4.79 Å². The second-order valence-corrected chi connectivity index (χ2v) is 9.71. The molecule has 1 aromatic heterocycles. The molecule has 128 valence electrons. The molecule has 1 unspecified atom stereocenters. The summed E-state index contributed by atoms with van der Waals surface area (Å²) in [5, 5.41) is 11.6. The minimum atomic E-state index is -3.59. The van der Waals surface area contributed by atoms with E-state index < -0.39 is 10.0 Å². The summed E-state index contributed by atoms with van der Waals surface area (Å²) in [5.41, 5.74) is 0.00568. The molecule has 1 aliphatic heterocycles. The zero-order chi connectivity index (χ0) is 16.7. The zero-order valence-electron chi connectivity index (χ0n) is 13.1. The number of likely N-dealkylation sites (tertiary alicyclic amines) is 1. The Morgan fingerprint density at radius 3 is 2.61 bits per heavy atom. The molecule has 6 nitrogen and oxygen atoms in total. The fraction of sp³-hybridized carbons (Fsp3) is 0.667. The predicted octanol–water partition coefficient (Wildman–Crippen LogP) is 1.13. The van der Waals surface area contributed by atoms with Gasteiger partial charge in [0.05, 0.1) is 12.6 Å². The molecule has 1 spiro atoms. The first-order valence-electron chi connectivity index (χ1n) is 7.81. The van der Waals surface area contributed by atoms with E-state index in [4.69, 9.17) is 0 Å². The molecule has 2 aliphatic rings. The van der Waals surface area contributed by atoms with Crippen LogP contribution in [-0.2, 0) is 14.8 Å². The molecule has 1 N–H and O–H groups in total. The SMILES string of the molecule is CN(CC(=O)N1CCC2(CCC2O)CC1)S(=O)(=O)c1cccs1. The van der Waals surface area contributed by atoms with Crippen LogP contribution in [-0.4, -0.2) is 61.4 Å². The maximum Gasteiger partial charge on any atom is 0.252 e. The van der Waals surface area contributed by atoms with Gasteiger partial charge in [-0.2, -0.15) is 4.31 Å². The van der Waals surface area contributed by atoms with E-state index in [0.717, 1.165) is 41.3 Å².